The van der Waals surface area contributed by atoms with E-state index in [1.54, 1.807) is 0 Å². The molecule has 0 amide bonds. The van der Waals surface area contributed by atoms with Gasteiger partial charge in [-0.15, -0.1) is 0 Å². The Balaban J connectivity index is 1.94. The number of ether oxygens (including phenoxy) is 1. The lowest BCUT2D eigenvalue weighted by Gasteiger charge is -2.24. The fraction of sp³-hybridized carbons (Fsp3) is 0.769. The van der Waals surface area contributed by atoms with Gasteiger partial charge in [0.15, 0.2) is 0 Å². The van der Waals surface area contributed by atoms with Crippen LogP contribution in [-0.4, -0.2) is 16.4 Å². The molecule has 0 saturated heterocycles. The summed E-state index contributed by atoms with van der Waals surface area (Å²) in [4.78, 5) is 0. The molecule has 0 atom stereocenters. The quantitative estimate of drug-likeness (QED) is 0.852. The van der Waals surface area contributed by atoms with Crippen molar-refractivity contribution in [2.45, 2.75) is 57.7 Å². The summed E-state index contributed by atoms with van der Waals surface area (Å²) in [6.07, 6.45) is 7.53. The van der Waals surface area contributed by atoms with Crippen LogP contribution in [0, 0.1) is 0 Å². The minimum Gasteiger partial charge on any atom is -0.375 e. The van der Waals surface area contributed by atoms with Gasteiger partial charge in [-0.2, -0.15) is 5.10 Å². The molecule has 1 aromatic heterocycles. The van der Waals surface area contributed by atoms with Gasteiger partial charge < -0.3 is 10.5 Å². The molecule has 1 fully saturated rings. The molecule has 1 aliphatic heterocycles. The third kappa shape index (κ3) is 2.00. The molecular formula is C13H21N3O. The van der Waals surface area contributed by atoms with Crippen molar-refractivity contribution in [3.8, 4) is 0 Å². The molecule has 0 spiro atoms. The van der Waals surface area contributed by atoms with E-state index in [-0.39, 0.29) is 0 Å². The van der Waals surface area contributed by atoms with Crippen molar-refractivity contribution in [1.82, 2.24) is 9.78 Å². The molecule has 2 aliphatic rings. The van der Waals surface area contributed by atoms with Gasteiger partial charge in [-0.1, -0.05) is 19.3 Å². The Labute approximate surface area is 102 Å². The van der Waals surface area contributed by atoms with Crippen LogP contribution in [0.1, 0.15) is 55.1 Å². The van der Waals surface area contributed by atoms with Gasteiger partial charge >= 0.3 is 0 Å². The van der Waals surface area contributed by atoms with E-state index in [0.29, 0.717) is 19.2 Å². The van der Waals surface area contributed by atoms with Crippen molar-refractivity contribution in [2.75, 3.05) is 6.61 Å². The molecule has 0 bridgehead atoms. The average Bonchev–Trinajstić information content (AvgIpc) is 2.78. The highest BCUT2D eigenvalue weighted by atomic mass is 16.5. The molecular weight excluding hydrogens is 214 g/mol. The van der Waals surface area contributed by atoms with Crippen LogP contribution in [0.15, 0.2) is 0 Å². The summed E-state index contributed by atoms with van der Waals surface area (Å²) in [5.74, 6) is 0. The lowest BCUT2D eigenvalue weighted by atomic mass is 9.95. The molecule has 0 unspecified atom stereocenters. The normalized spacial score (nSPS) is 21.5. The minimum atomic E-state index is 0.577. The van der Waals surface area contributed by atoms with Crippen LogP contribution in [0.25, 0.3) is 0 Å². The van der Waals surface area contributed by atoms with Gasteiger partial charge in [0, 0.05) is 12.1 Å². The summed E-state index contributed by atoms with van der Waals surface area (Å²) >= 11 is 0. The number of fused-ring (bicyclic) bond motifs is 1. The van der Waals surface area contributed by atoms with Crippen molar-refractivity contribution >= 4 is 0 Å². The number of nitrogens with zero attached hydrogens (tertiary/aromatic N) is 2. The lowest BCUT2D eigenvalue weighted by molar-refractivity contribution is 0.107. The van der Waals surface area contributed by atoms with Gasteiger partial charge in [0.1, 0.15) is 0 Å². The molecule has 0 aromatic carbocycles. The van der Waals surface area contributed by atoms with E-state index in [1.807, 2.05) is 0 Å². The molecule has 94 valence electrons. The van der Waals surface area contributed by atoms with Crippen molar-refractivity contribution in [1.29, 1.82) is 0 Å². The van der Waals surface area contributed by atoms with Gasteiger partial charge in [0.05, 0.1) is 30.6 Å². The van der Waals surface area contributed by atoms with Crippen molar-refractivity contribution in [2.24, 2.45) is 5.73 Å². The van der Waals surface area contributed by atoms with Crippen LogP contribution >= 0.6 is 0 Å². The first-order chi connectivity index (χ1) is 8.40. The SMILES string of the molecule is NCc1c2c(nn1C1CCCCC1)COCC2. The summed E-state index contributed by atoms with van der Waals surface area (Å²) in [6.45, 7) is 2.09. The second-order valence-electron chi connectivity index (χ2n) is 5.12. The first-order valence-electron chi connectivity index (χ1n) is 6.77. The molecule has 3 rings (SSSR count). The Morgan fingerprint density at radius 3 is 2.88 bits per heavy atom. The maximum Gasteiger partial charge on any atom is 0.0918 e. The number of aromatic nitrogens is 2. The Kier molecular flexibility index (Phi) is 3.16. The topological polar surface area (TPSA) is 53.1 Å². The first kappa shape index (κ1) is 11.2. The molecule has 1 aliphatic carbocycles. The molecule has 1 saturated carbocycles. The standard InChI is InChI=1S/C13H21N3O/c14-8-13-11-6-7-17-9-12(11)15-16(13)10-4-2-1-3-5-10/h10H,1-9,14H2. The monoisotopic (exact) mass is 235 g/mol. The van der Waals surface area contributed by atoms with Crippen LogP contribution in [0.2, 0.25) is 0 Å². The molecule has 4 nitrogen and oxygen atoms in total. The van der Waals surface area contributed by atoms with E-state index in [1.165, 1.54) is 43.4 Å². The molecule has 4 heteroatoms. The maximum atomic E-state index is 5.92. The summed E-state index contributed by atoms with van der Waals surface area (Å²) in [5, 5.41) is 4.76. The Morgan fingerprint density at radius 1 is 1.29 bits per heavy atom. The fourth-order valence-electron chi connectivity index (χ4n) is 3.15. The van der Waals surface area contributed by atoms with Crippen molar-refractivity contribution < 1.29 is 4.74 Å². The van der Waals surface area contributed by atoms with E-state index < -0.39 is 0 Å². The van der Waals surface area contributed by atoms with E-state index in [4.69, 9.17) is 15.6 Å². The Bertz CT molecular complexity index is 394. The fourth-order valence-corrected chi connectivity index (χ4v) is 3.15. The highest BCUT2D eigenvalue weighted by molar-refractivity contribution is 5.28. The highest BCUT2D eigenvalue weighted by Gasteiger charge is 2.25. The molecule has 2 N–H and O–H groups in total. The summed E-state index contributed by atoms with van der Waals surface area (Å²) in [6, 6.07) is 0.577. The van der Waals surface area contributed by atoms with Gasteiger partial charge in [0.2, 0.25) is 0 Å². The second-order valence-corrected chi connectivity index (χ2v) is 5.12. The van der Waals surface area contributed by atoms with E-state index in [9.17, 15) is 0 Å². The predicted molar refractivity (Wildman–Crippen MR) is 65.6 cm³/mol. The maximum absolute atomic E-state index is 5.92. The van der Waals surface area contributed by atoms with Crippen LogP contribution in [0.5, 0.6) is 0 Å². The zero-order valence-electron chi connectivity index (χ0n) is 10.3. The molecule has 0 radical (unpaired) electrons. The smallest absolute Gasteiger partial charge is 0.0918 e. The number of hydrogen-bond acceptors (Lipinski definition) is 3. The number of hydrogen-bond donors (Lipinski definition) is 1. The summed E-state index contributed by atoms with van der Waals surface area (Å²) < 4.78 is 7.70. The third-order valence-corrected chi connectivity index (χ3v) is 4.05. The molecule has 1 aromatic rings. The van der Waals surface area contributed by atoms with E-state index in [0.717, 1.165) is 18.7 Å². The summed E-state index contributed by atoms with van der Waals surface area (Å²) in [5.41, 5.74) is 9.68. The van der Waals surface area contributed by atoms with Crippen LogP contribution < -0.4 is 5.73 Å². The first-order valence-corrected chi connectivity index (χ1v) is 6.77. The average molecular weight is 235 g/mol. The Hall–Kier alpha value is -0.870. The van der Waals surface area contributed by atoms with E-state index in [2.05, 4.69) is 4.68 Å². The van der Waals surface area contributed by atoms with Gasteiger partial charge in [-0.3, -0.25) is 4.68 Å². The predicted octanol–water partition coefficient (Wildman–Crippen LogP) is 1.92. The minimum absolute atomic E-state index is 0.577. The van der Waals surface area contributed by atoms with Crippen LogP contribution in [-0.2, 0) is 24.3 Å². The highest BCUT2D eigenvalue weighted by Crippen LogP contribution is 2.31. The number of rotatable bonds is 2. The summed E-state index contributed by atoms with van der Waals surface area (Å²) in [7, 11) is 0. The van der Waals surface area contributed by atoms with Gasteiger partial charge in [-0.05, 0) is 19.3 Å². The van der Waals surface area contributed by atoms with Crippen molar-refractivity contribution in [3.63, 3.8) is 0 Å². The zero-order chi connectivity index (χ0) is 11.7. The van der Waals surface area contributed by atoms with Crippen LogP contribution in [0.4, 0.5) is 0 Å². The Morgan fingerprint density at radius 2 is 2.12 bits per heavy atom. The lowest BCUT2D eigenvalue weighted by Crippen LogP contribution is -2.19. The number of nitrogens with two attached hydrogens (primary N) is 1. The van der Waals surface area contributed by atoms with Gasteiger partial charge in [0.25, 0.3) is 0 Å². The van der Waals surface area contributed by atoms with Crippen LogP contribution in [0.3, 0.4) is 0 Å². The van der Waals surface area contributed by atoms with E-state index >= 15 is 0 Å². The molecule has 2 heterocycles. The molecule has 17 heavy (non-hydrogen) atoms. The zero-order valence-corrected chi connectivity index (χ0v) is 10.3. The second kappa shape index (κ2) is 4.78. The largest absolute Gasteiger partial charge is 0.375 e. The third-order valence-electron chi connectivity index (χ3n) is 4.05. The van der Waals surface area contributed by atoms with Crippen molar-refractivity contribution in [3.05, 3.63) is 17.0 Å². The van der Waals surface area contributed by atoms with Gasteiger partial charge in [-0.25, -0.2) is 0 Å².